The molecule has 0 aliphatic heterocycles. The maximum absolute atomic E-state index is 12.1. The van der Waals surface area contributed by atoms with Crippen molar-refractivity contribution in [1.29, 1.82) is 0 Å². The van der Waals surface area contributed by atoms with Crippen molar-refractivity contribution < 1.29 is 0 Å². The lowest BCUT2D eigenvalue weighted by Gasteiger charge is -2.14. The van der Waals surface area contributed by atoms with Crippen LogP contribution >= 0.6 is 11.6 Å². The molecule has 0 aromatic carbocycles. The summed E-state index contributed by atoms with van der Waals surface area (Å²) in [5.41, 5.74) is 2.77. The van der Waals surface area contributed by atoms with E-state index in [1.54, 1.807) is 27.7 Å². The lowest BCUT2D eigenvalue weighted by molar-refractivity contribution is 0.405. The summed E-state index contributed by atoms with van der Waals surface area (Å²) in [5.74, 6) is 0.638. The number of hydrogen-bond donors (Lipinski definition) is 0. The van der Waals surface area contributed by atoms with Crippen molar-refractivity contribution in [2.75, 3.05) is 0 Å². The summed E-state index contributed by atoms with van der Waals surface area (Å²) in [4.78, 5) is 16.4. The number of rotatable bonds is 4. The molecule has 0 saturated heterocycles. The summed E-state index contributed by atoms with van der Waals surface area (Å²) in [6.07, 6.45) is 9.37. The summed E-state index contributed by atoms with van der Waals surface area (Å²) in [6, 6.07) is 5.19. The Balaban J connectivity index is 1.64. The van der Waals surface area contributed by atoms with Crippen molar-refractivity contribution in [3.8, 4) is 11.3 Å². The van der Waals surface area contributed by atoms with Gasteiger partial charge in [0.25, 0.3) is 5.56 Å². The fraction of sp³-hybridized carbons (Fsp3) is 0.294. The van der Waals surface area contributed by atoms with Crippen molar-refractivity contribution in [2.45, 2.75) is 31.8 Å². The minimum absolute atomic E-state index is 0.176. The lowest BCUT2D eigenvalue weighted by atomic mass is 10.1. The average molecular weight is 342 g/mol. The molecule has 1 aliphatic carbocycles. The van der Waals surface area contributed by atoms with Gasteiger partial charge in [0.15, 0.2) is 0 Å². The van der Waals surface area contributed by atoms with Crippen LogP contribution in [-0.4, -0.2) is 24.5 Å². The first-order chi connectivity index (χ1) is 11.6. The molecule has 1 saturated carbocycles. The molecule has 0 radical (unpaired) electrons. The zero-order valence-electron chi connectivity index (χ0n) is 13.1. The average Bonchev–Trinajstić information content (AvgIpc) is 3.31. The summed E-state index contributed by atoms with van der Waals surface area (Å²) in [7, 11) is 0. The molecular weight excluding hydrogens is 326 g/mol. The van der Waals surface area contributed by atoms with Crippen LogP contribution in [0.25, 0.3) is 11.3 Å². The molecule has 122 valence electrons. The molecule has 4 rings (SSSR count). The van der Waals surface area contributed by atoms with E-state index in [1.165, 1.54) is 24.5 Å². The van der Waals surface area contributed by atoms with Crippen molar-refractivity contribution in [3.05, 3.63) is 63.9 Å². The smallest absolute Gasteiger partial charge is 0.253 e. The fourth-order valence-electron chi connectivity index (χ4n) is 2.73. The predicted molar refractivity (Wildman–Crippen MR) is 91.0 cm³/mol. The summed E-state index contributed by atoms with van der Waals surface area (Å²) in [6.45, 7) is 1.88. The second-order valence-corrected chi connectivity index (χ2v) is 6.52. The molecule has 3 aromatic rings. The van der Waals surface area contributed by atoms with E-state index < -0.39 is 0 Å². The Labute approximate surface area is 143 Å². The summed E-state index contributed by atoms with van der Waals surface area (Å²) >= 11 is 5.84. The minimum Gasteiger partial charge on any atom is -0.293 e. The summed E-state index contributed by atoms with van der Waals surface area (Å²) < 4.78 is 3.22. The van der Waals surface area contributed by atoms with E-state index in [0.717, 1.165) is 11.3 Å². The van der Waals surface area contributed by atoms with Gasteiger partial charge >= 0.3 is 0 Å². The van der Waals surface area contributed by atoms with Crippen LogP contribution in [0.5, 0.6) is 0 Å². The zero-order valence-corrected chi connectivity index (χ0v) is 13.9. The molecule has 1 atom stereocenters. The van der Waals surface area contributed by atoms with Gasteiger partial charge in [0.2, 0.25) is 0 Å². The van der Waals surface area contributed by atoms with Gasteiger partial charge < -0.3 is 0 Å². The number of pyridine rings is 2. The van der Waals surface area contributed by atoms with Crippen molar-refractivity contribution in [2.24, 2.45) is 0 Å². The molecule has 0 amide bonds. The standard InChI is InChI=1S/C17H16ClN5O/c1-11(22-5-4-15(18)7-17(22)24)23-10-16(20-21-23)14-6-13(8-19-9-14)12-2-3-12/h4-12H,2-3H2,1H3. The van der Waals surface area contributed by atoms with Gasteiger partial charge in [-0.3, -0.25) is 14.3 Å². The molecular formula is C17H16ClN5O. The molecule has 6 nitrogen and oxygen atoms in total. The normalized spacial score (nSPS) is 15.4. The molecule has 0 N–H and O–H groups in total. The van der Waals surface area contributed by atoms with Gasteiger partial charge in [-0.1, -0.05) is 16.8 Å². The van der Waals surface area contributed by atoms with E-state index >= 15 is 0 Å². The molecule has 24 heavy (non-hydrogen) atoms. The second-order valence-electron chi connectivity index (χ2n) is 6.09. The van der Waals surface area contributed by atoms with Crippen molar-refractivity contribution in [1.82, 2.24) is 24.5 Å². The zero-order chi connectivity index (χ0) is 16.7. The van der Waals surface area contributed by atoms with E-state index in [1.807, 2.05) is 19.3 Å². The highest BCUT2D eigenvalue weighted by Crippen LogP contribution is 2.40. The Morgan fingerprint density at radius 3 is 2.88 bits per heavy atom. The van der Waals surface area contributed by atoms with E-state index in [-0.39, 0.29) is 11.7 Å². The second kappa shape index (κ2) is 5.87. The molecule has 1 fully saturated rings. The molecule has 0 bridgehead atoms. The highest BCUT2D eigenvalue weighted by molar-refractivity contribution is 6.30. The molecule has 0 spiro atoms. The number of nitrogens with zero attached hydrogens (tertiary/aromatic N) is 5. The van der Waals surface area contributed by atoms with E-state index in [9.17, 15) is 4.79 Å². The third-order valence-electron chi connectivity index (χ3n) is 4.31. The van der Waals surface area contributed by atoms with Gasteiger partial charge in [-0.15, -0.1) is 5.10 Å². The van der Waals surface area contributed by atoms with Crippen molar-refractivity contribution in [3.63, 3.8) is 0 Å². The largest absolute Gasteiger partial charge is 0.293 e. The Morgan fingerprint density at radius 2 is 2.12 bits per heavy atom. The highest BCUT2D eigenvalue weighted by atomic mass is 35.5. The molecule has 7 heteroatoms. The fourth-order valence-corrected chi connectivity index (χ4v) is 2.88. The maximum Gasteiger partial charge on any atom is 0.253 e. The van der Waals surface area contributed by atoms with E-state index in [4.69, 9.17) is 11.6 Å². The van der Waals surface area contributed by atoms with E-state index in [2.05, 4.69) is 21.4 Å². The van der Waals surface area contributed by atoms with Crippen LogP contribution in [0.3, 0.4) is 0 Å². The van der Waals surface area contributed by atoms with Crippen LogP contribution in [0.1, 0.15) is 37.4 Å². The van der Waals surface area contributed by atoms with E-state index in [0.29, 0.717) is 10.9 Å². The molecule has 1 unspecified atom stereocenters. The maximum atomic E-state index is 12.1. The monoisotopic (exact) mass is 341 g/mol. The Bertz CT molecular complexity index is 944. The van der Waals surface area contributed by atoms with Gasteiger partial charge in [0.1, 0.15) is 11.9 Å². The number of aromatic nitrogens is 5. The lowest BCUT2D eigenvalue weighted by Crippen LogP contribution is -2.26. The highest BCUT2D eigenvalue weighted by Gasteiger charge is 2.24. The van der Waals surface area contributed by atoms with Gasteiger partial charge in [0.05, 0.1) is 6.20 Å². The van der Waals surface area contributed by atoms with Crippen LogP contribution in [0, 0.1) is 0 Å². The van der Waals surface area contributed by atoms with Crippen LogP contribution in [0.2, 0.25) is 5.02 Å². The van der Waals surface area contributed by atoms with Gasteiger partial charge in [-0.2, -0.15) is 0 Å². The Kier molecular flexibility index (Phi) is 3.69. The Morgan fingerprint density at radius 1 is 1.29 bits per heavy atom. The number of halogens is 1. The molecule has 3 heterocycles. The topological polar surface area (TPSA) is 65.6 Å². The Hall–Kier alpha value is -2.47. The van der Waals surface area contributed by atoms with Gasteiger partial charge in [-0.25, -0.2) is 4.68 Å². The first kappa shape index (κ1) is 15.1. The molecule has 1 aliphatic rings. The van der Waals surface area contributed by atoms with Crippen LogP contribution in [0.15, 0.2) is 47.8 Å². The van der Waals surface area contributed by atoms with Crippen LogP contribution in [0.4, 0.5) is 0 Å². The first-order valence-electron chi connectivity index (χ1n) is 7.86. The first-order valence-corrected chi connectivity index (χ1v) is 8.24. The van der Waals surface area contributed by atoms with Gasteiger partial charge in [0, 0.05) is 35.2 Å². The predicted octanol–water partition coefficient (Wildman–Crippen LogP) is 3.10. The third-order valence-corrected chi connectivity index (χ3v) is 4.54. The van der Waals surface area contributed by atoms with Crippen molar-refractivity contribution >= 4 is 11.6 Å². The van der Waals surface area contributed by atoms with Crippen LogP contribution < -0.4 is 5.56 Å². The number of hydrogen-bond acceptors (Lipinski definition) is 4. The summed E-state index contributed by atoms with van der Waals surface area (Å²) in [5, 5.41) is 8.82. The third kappa shape index (κ3) is 2.85. The quantitative estimate of drug-likeness (QED) is 0.731. The van der Waals surface area contributed by atoms with Crippen LogP contribution in [-0.2, 0) is 0 Å². The van der Waals surface area contributed by atoms with Gasteiger partial charge in [-0.05, 0) is 43.4 Å². The minimum atomic E-state index is -0.296. The SMILES string of the molecule is CC(n1cc(-c2cncc(C3CC3)c2)nn1)n1ccc(Cl)cc1=O. The molecule has 3 aromatic heterocycles.